The molecule has 156 valence electrons. The summed E-state index contributed by atoms with van der Waals surface area (Å²) < 4.78 is 39.1. The quantitative estimate of drug-likeness (QED) is 0.716. The number of sulfonamides is 1. The van der Waals surface area contributed by atoms with Crippen LogP contribution in [0.25, 0.3) is 0 Å². The Hall–Kier alpha value is -1.35. The lowest BCUT2D eigenvalue weighted by atomic mass is 9.63. The van der Waals surface area contributed by atoms with Crippen LogP contribution in [0.3, 0.4) is 0 Å². The molecule has 1 saturated heterocycles. The molecule has 2 aliphatic heterocycles. The average molecular weight is 431 g/mol. The van der Waals surface area contributed by atoms with Gasteiger partial charge in [-0.1, -0.05) is 0 Å². The molecule has 0 spiro atoms. The Bertz CT molecular complexity index is 858. The second-order valence-electron chi connectivity index (χ2n) is 7.59. The van der Waals surface area contributed by atoms with Crippen molar-refractivity contribution in [1.82, 2.24) is 4.31 Å². The van der Waals surface area contributed by atoms with Crippen LogP contribution in [-0.2, 0) is 26.0 Å². The lowest BCUT2D eigenvalue weighted by Gasteiger charge is -2.57. The maximum absolute atomic E-state index is 13.4. The van der Waals surface area contributed by atoms with Crippen LogP contribution < -0.4 is 10.5 Å². The number of esters is 1. The van der Waals surface area contributed by atoms with Gasteiger partial charge in [-0.15, -0.1) is 12.4 Å². The summed E-state index contributed by atoms with van der Waals surface area (Å²) in [5.41, 5.74) is 6.33. The van der Waals surface area contributed by atoms with Crippen LogP contribution in [0.2, 0.25) is 0 Å². The third kappa shape index (κ3) is 3.20. The van der Waals surface area contributed by atoms with Gasteiger partial charge in [0, 0.05) is 19.5 Å². The number of ether oxygens (including phenoxy) is 2. The van der Waals surface area contributed by atoms with Crippen LogP contribution in [0.5, 0.6) is 5.75 Å². The molecule has 2 N–H and O–H groups in total. The van der Waals surface area contributed by atoms with Gasteiger partial charge in [-0.25, -0.2) is 13.2 Å². The van der Waals surface area contributed by atoms with Gasteiger partial charge in [-0.3, -0.25) is 0 Å². The smallest absolute Gasteiger partial charge is 0.347 e. The number of benzene rings is 1. The first-order valence-electron chi connectivity index (χ1n) is 9.61. The number of rotatable bonds is 5. The van der Waals surface area contributed by atoms with E-state index in [4.69, 9.17) is 15.2 Å². The number of hydrogen-bond donors (Lipinski definition) is 1. The zero-order valence-corrected chi connectivity index (χ0v) is 17.6. The molecule has 3 atom stereocenters. The molecular formula is C19H27ClN2O5S. The monoisotopic (exact) mass is 430 g/mol. The van der Waals surface area contributed by atoms with E-state index in [1.165, 1.54) is 0 Å². The minimum Gasteiger partial charge on any atom is -0.478 e. The number of hydrogen-bond acceptors (Lipinski definition) is 6. The van der Waals surface area contributed by atoms with E-state index in [0.29, 0.717) is 31.2 Å². The summed E-state index contributed by atoms with van der Waals surface area (Å²) in [6.45, 7) is 2.89. The molecule has 3 unspecified atom stereocenters. The van der Waals surface area contributed by atoms with Crippen molar-refractivity contribution in [2.24, 2.45) is 11.7 Å². The van der Waals surface area contributed by atoms with Crippen LogP contribution >= 0.6 is 12.4 Å². The molecule has 1 saturated carbocycles. The SMILES string of the molecule is CCOC(=O)C1Cc2cc(S(=O)(=O)N3CCCC4CCC43CN)ccc2O1.Cl. The number of halogens is 1. The highest BCUT2D eigenvalue weighted by Crippen LogP contribution is 2.50. The van der Waals surface area contributed by atoms with E-state index in [1.54, 1.807) is 29.4 Å². The minimum atomic E-state index is -3.65. The number of nitrogens with zero attached hydrogens (tertiary/aromatic N) is 1. The topological polar surface area (TPSA) is 98.9 Å². The molecule has 1 aromatic rings. The highest BCUT2D eigenvalue weighted by molar-refractivity contribution is 7.89. The molecule has 9 heteroatoms. The molecule has 0 radical (unpaired) electrons. The van der Waals surface area contributed by atoms with Crippen LogP contribution in [0.15, 0.2) is 23.1 Å². The van der Waals surface area contributed by atoms with Crippen molar-refractivity contribution in [3.05, 3.63) is 23.8 Å². The van der Waals surface area contributed by atoms with Gasteiger partial charge in [-0.2, -0.15) is 4.31 Å². The molecule has 7 nitrogen and oxygen atoms in total. The average Bonchev–Trinajstić information content (AvgIpc) is 3.06. The highest BCUT2D eigenvalue weighted by Gasteiger charge is 2.55. The molecule has 1 aromatic carbocycles. The Morgan fingerprint density at radius 1 is 1.39 bits per heavy atom. The van der Waals surface area contributed by atoms with Gasteiger partial charge in [0.05, 0.1) is 17.0 Å². The number of fused-ring (bicyclic) bond motifs is 2. The van der Waals surface area contributed by atoms with E-state index < -0.39 is 27.6 Å². The second kappa shape index (κ2) is 7.82. The summed E-state index contributed by atoms with van der Waals surface area (Å²) in [5.74, 6) is 0.478. The molecular weight excluding hydrogens is 404 g/mol. The van der Waals surface area contributed by atoms with Gasteiger partial charge in [0.15, 0.2) is 6.10 Å². The maximum Gasteiger partial charge on any atom is 0.347 e. The molecule has 0 amide bonds. The van der Waals surface area contributed by atoms with Crippen molar-refractivity contribution >= 4 is 28.4 Å². The van der Waals surface area contributed by atoms with E-state index in [0.717, 1.165) is 31.2 Å². The summed E-state index contributed by atoms with van der Waals surface area (Å²) in [6, 6.07) is 4.84. The third-order valence-electron chi connectivity index (χ3n) is 6.29. The van der Waals surface area contributed by atoms with Gasteiger partial charge < -0.3 is 15.2 Å². The fraction of sp³-hybridized carbons (Fsp3) is 0.632. The van der Waals surface area contributed by atoms with E-state index in [2.05, 4.69) is 0 Å². The fourth-order valence-corrected chi connectivity index (χ4v) is 6.69. The first-order valence-corrected chi connectivity index (χ1v) is 11.1. The molecule has 1 aliphatic carbocycles. The Labute approximate surface area is 172 Å². The van der Waals surface area contributed by atoms with Gasteiger partial charge in [-0.05, 0) is 62.3 Å². The Morgan fingerprint density at radius 2 is 2.18 bits per heavy atom. The molecule has 3 aliphatic rings. The Morgan fingerprint density at radius 3 is 2.82 bits per heavy atom. The van der Waals surface area contributed by atoms with Gasteiger partial charge in [0.25, 0.3) is 0 Å². The predicted octanol–water partition coefficient (Wildman–Crippen LogP) is 1.87. The van der Waals surface area contributed by atoms with Crippen molar-refractivity contribution in [2.75, 3.05) is 19.7 Å². The fourth-order valence-electron chi connectivity index (χ4n) is 4.74. The third-order valence-corrected chi connectivity index (χ3v) is 8.27. The largest absolute Gasteiger partial charge is 0.478 e. The number of carbonyl (C=O) groups is 1. The molecule has 28 heavy (non-hydrogen) atoms. The first-order chi connectivity index (χ1) is 12.9. The molecule has 2 heterocycles. The van der Waals surface area contributed by atoms with E-state index in [9.17, 15) is 13.2 Å². The van der Waals surface area contributed by atoms with Gasteiger partial charge >= 0.3 is 5.97 Å². The van der Waals surface area contributed by atoms with Crippen LogP contribution in [0.4, 0.5) is 0 Å². The van der Waals surface area contributed by atoms with Crippen LogP contribution in [-0.4, -0.2) is 50.0 Å². The zero-order chi connectivity index (χ0) is 19.2. The summed E-state index contributed by atoms with van der Waals surface area (Å²) in [5, 5.41) is 0. The molecule has 2 fully saturated rings. The summed E-state index contributed by atoms with van der Waals surface area (Å²) >= 11 is 0. The normalized spacial score (nSPS) is 28.9. The zero-order valence-electron chi connectivity index (χ0n) is 15.9. The second-order valence-corrected chi connectivity index (χ2v) is 9.46. The van der Waals surface area contributed by atoms with Gasteiger partial charge in [0.1, 0.15) is 5.75 Å². The highest BCUT2D eigenvalue weighted by atomic mass is 35.5. The summed E-state index contributed by atoms with van der Waals surface area (Å²) in [7, 11) is -3.65. The first kappa shape index (κ1) is 21.4. The molecule has 0 aromatic heterocycles. The van der Waals surface area contributed by atoms with Crippen molar-refractivity contribution in [3.63, 3.8) is 0 Å². The van der Waals surface area contributed by atoms with Crippen molar-refractivity contribution in [1.29, 1.82) is 0 Å². The van der Waals surface area contributed by atoms with Crippen LogP contribution in [0.1, 0.15) is 38.2 Å². The maximum atomic E-state index is 13.4. The lowest BCUT2D eigenvalue weighted by Crippen LogP contribution is -2.67. The van der Waals surface area contributed by atoms with E-state index in [-0.39, 0.29) is 23.9 Å². The van der Waals surface area contributed by atoms with Crippen LogP contribution in [0, 0.1) is 5.92 Å². The molecule has 0 bridgehead atoms. The number of piperidine rings is 1. The number of nitrogens with two attached hydrogens (primary N) is 1. The standard InChI is InChI=1S/C19H26N2O5S.ClH/c1-2-25-18(22)17-11-13-10-15(5-6-16(13)26-17)27(23,24)21-9-3-4-14-7-8-19(14,21)12-20;/h5-6,10,14,17H,2-4,7-9,11-12,20H2,1H3;1H. The van der Waals surface area contributed by atoms with Crippen molar-refractivity contribution in [2.45, 2.75) is 55.6 Å². The molecule has 4 rings (SSSR count). The van der Waals surface area contributed by atoms with Gasteiger partial charge in [0.2, 0.25) is 10.0 Å². The minimum absolute atomic E-state index is 0. The van der Waals surface area contributed by atoms with E-state index >= 15 is 0 Å². The summed E-state index contributed by atoms with van der Waals surface area (Å²) in [6.07, 6.45) is 3.39. The number of carbonyl (C=O) groups excluding carboxylic acids is 1. The van der Waals surface area contributed by atoms with Crippen molar-refractivity contribution < 1.29 is 22.7 Å². The van der Waals surface area contributed by atoms with Crippen molar-refractivity contribution in [3.8, 4) is 5.75 Å². The lowest BCUT2D eigenvalue weighted by molar-refractivity contribution is -0.150. The Balaban J connectivity index is 0.00000225. The predicted molar refractivity (Wildman–Crippen MR) is 106 cm³/mol. The Kier molecular flexibility index (Phi) is 5.96. The summed E-state index contributed by atoms with van der Waals surface area (Å²) in [4.78, 5) is 12.2. The van der Waals surface area contributed by atoms with E-state index in [1.807, 2.05) is 0 Å².